The predicted octanol–water partition coefficient (Wildman–Crippen LogP) is 5.61. The number of piperidine rings is 1. The van der Waals surface area contributed by atoms with Crippen LogP contribution in [0.15, 0.2) is 24.3 Å². The molecule has 2 aliphatic heterocycles. The molecule has 5 rings (SSSR count). The molecule has 1 amide bonds. The van der Waals surface area contributed by atoms with Crippen LogP contribution < -0.4 is 5.32 Å². The topological polar surface area (TPSA) is 48.1 Å². The van der Waals surface area contributed by atoms with E-state index in [4.69, 9.17) is 0 Å². The monoisotopic (exact) mass is 417 g/mol. The smallest absolute Gasteiger partial charge is 0.256 e. The van der Waals surface area contributed by atoms with Gasteiger partial charge in [-0.25, -0.2) is 0 Å². The molecule has 164 valence electrons. The van der Waals surface area contributed by atoms with E-state index in [1.807, 2.05) is 0 Å². The molecule has 0 saturated carbocycles. The average molecular weight is 418 g/mol. The molecule has 2 N–H and O–H groups in total. The molecule has 4 nitrogen and oxygen atoms in total. The summed E-state index contributed by atoms with van der Waals surface area (Å²) in [4.78, 5) is 19.0. The van der Waals surface area contributed by atoms with Crippen molar-refractivity contribution in [3.05, 3.63) is 52.3 Å². The van der Waals surface area contributed by atoms with Crippen LogP contribution in [0.25, 0.3) is 11.6 Å². The Bertz CT molecular complexity index is 994. The number of H-pyrrole nitrogens is 1. The van der Waals surface area contributed by atoms with E-state index >= 15 is 0 Å². The molecule has 1 saturated heterocycles. The summed E-state index contributed by atoms with van der Waals surface area (Å²) in [7, 11) is 0. The summed E-state index contributed by atoms with van der Waals surface area (Å²) >= 11 is 0. The largest absolute Gasteiger partial charge is 0.359 e. The molecule has 1 unspecified atom stereocenters. The highest BCUT2D eigenvalue weighted by atomic mass is 16.2. The quantitative estimate of drug-likeness (QED) is 0.621. The van der Waals surface area contributed by atoms with Crippen molar-refractivity contribution in [3.63, 3.8) is 0 Å². The molecule has 1 aliphatic carbocycles. The number of benzene rings is 1. The Morgan fingerprint density at radius 2 is 1.97 bits per heavy atom. The second kappa shape index (κ2) is 8.66. The summed E-state index contributed by atoms with van der Waals surface area (Å²) in [5.41, 5.74) is 7.98. The van der Waals surface area contributed by atoms with Crippen molar-refractivity contribution >= 4 is 23.2 Å². The van der Waals surface area contributed by atoms with Crippen LogP contribution >= 0.6 is 0 Å². The summed E-state index contributed by atoms with van der Waals surface area (Å²) in [5.74, 6) is 1.28. The number of aromatic nitrogens is 1. The van der Waals surface area contributed by atoms with Crippen molar-refractivity contribution in [2.75, 3.05) is 25.0 Å². The van der Waals surface area contributed by atoms with E-state index in [-0.39, 0.29) is 5.91 Å². The van der Waals surface area contributed by atoms with Gasteiger partial charge < -0.3 is 15.2 Å². The van der Waals surface area contributed by atoms with Crippen LogP contribution in [0.5, 0.6) is 0 Å². The van der Waals surface area contributed by atoms with Gasteiger partial charge in [0.25, 0.3) is 5.91 Å². The van der Waals surface area contributed by atoms with E-state index in [0.29, 0.717) is 11.8 Å². The van der Waals surface area contributed by atoms with Gasteiger partial charge in [-0.2, -0.15) is 0 Å². The number of hydrogen-bond acceptors (Lipinski definition) is 2. The minimum Gasteiger partial charge on any atom is -0.359 e. The van der Waals surface area contributed by atoms with E-state index in [2.05, 4.69) is 59.4 Å². The fraction of sp³-hybridized carbons (Fsp3) is 0.519. The number of aryl methyl sites for hydroxylation is 1. The summed E-state index contributed by atoms with van der Waals surface area (Å²) < 4.78 is 0. The van der Waals surface area contributed by atoms with Gasteiger partial charge in [-0.3, -0.25) is 4.79 Å². The number of fused-ring (bicyclic) bond motifs is 2. The van der Waals surface area contributed by atoms with Crippen LogP contribution in [0.2, 0.25) is 0 Å². The zero-order chi connectivity index (χ0) is 21.4. The molecule has 3 aliphatic rings. The van der Waals surface area contributed by atoms with Crippen molar-refractivity contribution < 1.29 is 4.79 Å². The Morgan fingerprint density at radius 1 is 1.13 bits per heavy atom. The van der Waals surface area contributed by atoms with Crippen molar-refractivity contribution in [1.29, 1.82) is 0 Å². The lowest BCUT2D eigenvalue weighted by Crippen LogP contribution is -2.31. The number of amides is 1. The highest BCUT2D eigenvalue weighted by Crippen LogP contribution is 2.39. The molecule has 1 aromatic carbocycles. The van der Waals surface area contributed by atoms with E-state index in [1.54, 1.807) is 0 Å². The van der Waals surface area contributed by atoms with Crippen LogP contribution in [-0.4, -0.2) is 35.4 Å². The number of hydrogen-bond donors (Lipinski definition) is 2. The summed E-state index contributed by atoms with van der Waals surface area (Å²) in [6, 6.07) is 8.77. The standard InChI is InChI=1S/C27H35N3O/c1-18(2)21-7-6-8-25-23(21)16-20(28-25)17-24-22-15-19(9-10-26(22)29-27(24)31)11-14-30-12-4-3-5-13-30/h9-10,15-18,21,28H,3-8,11-14H2,1-2H3,(H,29,31). The first kappa shape index (κ1) is 20.6. The normalized spacial score (nSPS) is 22.6. The van der Waals surface area contributed by atoms with Crippen molar-refractivity contribution in [2.45, 2.75) is 64.7 Å². The minimum absolute atomic E-state index is 0.0103. The number of rotatable bonds is 5. The second-order valence-electron chi connectivity index (χ2n) is 9.95. The van der Waals surface area contributed by atoms with Gasteiger partial charge in [-0.15, -0.1) is 0 Å². The zero-order valence-corrected chi connectivity index (χ0v) is 19.0. The average Bonchev–Trinajstić information content (AvgIpc) is 3.33. The molecular formula is C27H35N3O. The number of nitrogens with one attached hydrogen (secondary N) is 2. The van der Waals surface area contributed by atoms with Gasteiger partial charge in [0.1, 0.15) is 0 Å². The van der Waals surface area contributed by atoms with Gasteiger partial charge >= 0.3 is 0 Å². The van der Waals surface area contributed by atoms with E-state index in [9.17, 15) is 4.79 Å². The summed E-state index contributed by atoms with van der Waals surface area (Å²) in [6.07, 6.45) is 10.8. The molecule has 0 spiro atoms. The highest BCUT2D eigenvalue weighted by molar-refractivity contribution is 6.34. The first-order valence-electron chi connectivity index (χ1n) is 12.2. The number of aromatic amines is 1. The lowest BCUT2D eigenvalue weighted by atomic mass is 9.80. The van der Waals surface area contributed by atoms with Crippen LogP contribution in [0.3, 0.4) is 0 Å². The van der Waals surface area contributed by atoms with Gasteiger partial charge in [0.2, 0.25) is 0 Å². The van der Waals surface area contributed by atoms with Crippen LogP contribution in [0.1, 0.15) is 79.9 Å². The third kappa shape index (κ3) is 4.23. The SMILES string of the molecule is CC(C)C1CCCc2[nH]c(C=C3C(=O)Nc4ccc(CCN5CCCCC5)cc43)cc21. The first-order chi connectivity index (χ1) is 15.1. The molecule has 0 bridgehead atoms. The number of carbonyl (C=O) groups excluding carboxylic acids is 1. The number of likely N-dealkylation sites (tertiary alicyclic amines) is 1. The van der Waals surface area contributed by atoms with Gasteiger partial charge in [0.05, 0.1) is 5.57 Å². The maximum atomic E-state index is 12.8. The Kier molecular flexibility index (Phi) is 5.75. The van der Waals surface area contributed by atoms with Gasteiger partial charge in [-0.1, -0.05) is 26.3 Å². The van der Waals surface area contributed by atoms with Crippen molar-refractivity contribution in [2.24, 2.45) is 5.92 Å². The molecular weight excluding hydrogens is 382 g/mol. The molecule has 4 heteroatoms. The highest BCUT2D eigenvalue weighted by Gasteiger charge is 2.27. The van der Waals surface area contributed by atoms with Crippen molar-refractivity contribution in [3.8, 4) is 0 Å². The van der Waals surface area contributed by atoms with E-state index in [1.165, 1.54) is 62.0 Å². The van der Waals surface area contributed by atoms with Crippen molar-refractivity contribution in [1.82, 2.24) is 9.88 Å². The van der Waals surface area contributed by atoms with Gasteiger partial charge in [0.15, 0.2) is 0 Å². The third-order valence-electron chi connectivity index (χ3n) is 7.43. The first-order valence-corrected chi connectivity index (χ1v) is 12.2. The summed E-state index contributed by atoms with van der Waals surface area (Å²) in [5, 5.41) is 3.06. The predicted molar refractivity (Wildman–Crippen MR) is 128 cm³/mol. The van der Waals surface area contributed by atoms with Crippen LogP contribution in [0.4, 0.5) is 5.69 Å². The fourth-order valence-electron chi connectivity index (χ4n) is 5.66. The van der Waals surface area contributed by atoms with Gasteiger partial charge in [0, 0.05) is 29.2 Å². The Hall–Kier alpha value is -2.33. The zero-order valence-electron chi connectivity index (χ0n) is 19.0. The number of carbonyl (C=O) groups is 1. The molecule has 3 heterocycles. The Balaban J connectivity index is 1.39. The van der Waals surface area contributed by atoms with Crippen LogP contribution in [-0.2, 0) is 17.6 Å². The molecule has 1 aromatic heterocycles. The van der Waals surface area contributed by atoms with Crippen LogP contribution in [0, 0.1) is 5.92 Å². The fourth-order valence-corrected chi connectivity index (χ4v) is 5.66. The molecule has 1 fully saturated rings. The molecule has 0 radical (unpaired) electrons. The number of anilines is 1. The maximum Gasteiger partial charge on any atom is 0.256 e. The van der Waals surface area contributed by atoms with Gasteiger partial charge in [-0.05, 0) is 98.9 Å². The Labute approximate surface area is 186 Å². The number of nitrogens with zero attached hydrogens (tertiary/aromatic N) is 1. The molecule has 1 atom stereocenters. The molecule has 2 aromatic rings. The van der Waals surface area contributed by atoms with E-state index in [0.717, 1.165) is 41.9 Å². The minimum atomic E-state index is 0.0103. The maximum absolute atomic E-state index is 12.8. The lowest BCUT2D eigenvalue weighted by molar-refractivity contribution is -0.110. The second-order valence-corrected chi connectivity index (χ2v) is 9.95. The third-order valence-corrected chi connectivity index (χ3v) is 7.43. The van der Waals surface area contributed by atoms with E-state index < -0.39 is 0 Å². The Morgan fingerprint density at radius 3 is 2.77 bits per heavy atom. The lowest BCUT2D eigenvalue weighted by Gasteiger charge is -2.26. The molecule has 31 heavy (non-hydrogen) atoms. The summed E-state index contributed by atoms with van der Waals surface area (Å²) in [6.45, 7) is 8.20.